The van der Waals surface area contributed by atoms with E-state index in [0.29, 0.717) is 6.04 Å². The first-order valence-corrected chi connectivity index (χ1v) is 5.18. The third-order valence-electron chi connectivity index (χ3n) is 2.48. The molecule has 0 heterocycles. The zero-order valence-electron chi connectivity index (χ0n) is 7.55. The lowest BCUT2D eigenvalue weighted by Gasteiger charge is -2.20. The van der Waals surface area contributed by atoms with E-state index in [1.165, 1.54) is 25.7 Å². The van der Waals surface area contributed by atoms with Crippen LogP contribution in [0.4, 0.5) is 0 Å². The van der Waals surface area contributed by atoms with E-state index in [1.807, 2.05) is 0 Å². The third kappa shape index (κ3) is 2.34. The fourth-order valence-corrected chi connectivity index (χ4v) is 1.52. The van der Waals surface area contributed by atoms with E-state index in [4.69, 9.17) is 12.2 Å². The standard InChI is InChI=1S/C9H16N2S/c1-11(6-7-2-3-7)9(12)10-8-4-5-8/h7-8H,2-6H2,1H3,(H,10,12). The van der Waals surface area contributed by atoms with Crippen LogP contribution in [0.2, 0.25) is 0 Å². The van der Waals surface area contributed by atoms with Crippen LogP contribution in [0, 0.1) is 5.92 Å². The molecule has 2 saturated carbocycles. The van der Waals surface area contributed by atoms with Crippen molar-refractivity contribution in [2.24, 2.45) is 5.92 Å². The van der Waals surface area contributed by atoms with Gasteiger partial charge in [-0.15, -0.1) is 0 Å². The first-order chi connectivity index (χ1) is 5.75. The molecule has 0 saturated heterocycles. The summed E-state index contributed by atoms with van der Waals surface area (Å²) in [5.74, 6) is 0.925. The lowest BCUT2D eigenvalue weighted by Crippen LogP contribution is -2.39. The molecule has 2 aliphatic rings. The molecule has 0 aromatic carbocycles. The third-order valence-corrected chi connectivity index (χ3v) is 2.91. The van der Waals surface area contributed by atoms with Crippen LogP contribution < -0.4 is 5.32 Å². The maximum Gasteiger partial charge on any atom is 0.168 e. The highest BCUT2D eigenvalue weighted by Crippen LogP contribution is 2.29. The van der Waals surface area contributed by atoms with Gasteiger partial charge in [-0.3, -0.25) is 0 Å². The highest BCUT2D eigenvalue weighted by molar-refractivity contribution is 7.80. The summed E-state index contributed by atoms with van der Waals surface area (Å²) < 4.78 is 0. The monoisotopic (exact) mass is 184 g/mol. The second-order valence-corrected chi connectivity index (χ2v) is 4.43. The highest BCUT2D eigenvalue weighted by atomic mass is 32.1. The molecule has 3 heteroatoms. The van der Waals surface area contributed by atoms with Gasteiger partial charge in [0.15, 0.2) is 5.11 Å². The molecule has 0 unspecified atom stereocenters. The lowest BCUT2D eigenvalue weighted by atomic mass is 10.4. The molecule has 0 aromatic rings. The van der Waals surface area contributed by atoms with Crippen molar-refractivity contribution in [3.63, 3.8) is 0 Å². The Bertz CT molecular complexity index is 185. The van der Waals surface area contributed by atoms with Crippen molar-refractivity contribution in [3.05, 3.63) is 0 Å². The van der Waals surface area contributed by atoms with Crippen molar-refractivity contribution >= 4 is 17.3 Å². The molecule has 2 fully saturated rings. The second-order valence-electron chi connectivity index (χ2n) is 4.05. The summed E-state index contributed by atoms with van der Waals surface area (Å²) in [6, 6.07) is 0.694. The van der Waals surface area contributed by atoms with Gasteiger partial charge < -0.3 is 10.2 Å². The Hall–Kier alpha value is -0.310. The minimum atomic E-state index is 0.694. The minimum Gasteiger partial charge on any atom is -0.360 e. The molecule has 0 atom stereocenters. The zero-order valence-corrected chi connectivity index (χ0v) is 8.36. The van der Waals surface area contributed by atoms with Crippen LogP contribution in [-0.4, -0.2) is 29.6 Å². The summed E-state index contributed by atoms with van der Waals surface area (Å²) in [6.45, 7) is 1.15. The predicted molar refractivity (Wildman–Crippen MR) is 54.1 cm³/mol. The molecule has 0 spiro atoms. The van der Waals surface area contributed by atoms with Crippen LogP contribution in [0.1, 0.15) is 25.7 Å². The fraction of sp³-hybridized carbons (Fsp3) is 0.889. The number of hydrogen-bond acceptors (Lipinski definition) is 1. The molecule has 1 N–H and O–H groups in total. The Morgan fingerprint density at radius 2 is 2.08 bits per heavy atom. The van der Waals surface area contributed by atoms with Crippen molar-refractivity contribution in [3.8, 4) is 0 Å². The van der Waals surface area contributed by atoms with E-state index < -0.39 is 0 Å². The topological polar surface area (TPSA) is 15.3 Å². The van der Waals surface area contributed by atoms with Gasteiger partial charge in [0.05, 0.1) is 0 Å². The summed E-state index contributed by atoms with van der Waals surface area (Å²) in [7, 11) is 2.09. The van der Waals surface area contributed by atoms with Crippen LogP contribution in [0.3, 0.4) is 0 Å². The largest absolute Gasteiger partial charge is 0.360 e. The van der Waals surface area contributed by atoms with E-state index in [0.717, 1.165) is 17.6 Å². The van der Waals surface area contributed by atoms with Crippen molar-refractivity contribution in [2.45, 2.75) is 31.7 Å². The van der Waals surface area contributed by atoms with E-state index in [1.54, 1.807) is 0 Å². The normalized spacial score (nSPS) is 22.1. The van der Waals surface area contributed by atoms with Crippen LogP contribution in [-0.2, 0) is 0 Å². The number of hydrogen-bond donors (Lipinski definition) is 1. The summed E-state index contributed by atoms with van der Waals surface area (Å²) in [6.07, 6.45) is 5.40. The molecule has 2 nitrogen and oxygen atoms in total. The summed E-state index contributed by atoms with van der Waals surface area (Å²) in [4.78, 5) is 2.19. The average Bonchev–Trinajstić information content (AvgIpc) is 2.79. The quantitative estimate of drug-likeness (QED) is 0.667. The summed E-state index contributed by atoms with van der Waals surface area (Å²) in [5.41, 5.74) is 0. The van der Waals surface area contributed by atoms with E-state index in [-0.39, 0.29) is 0 Å². The molecule has 0 amide bonds. The van der Waals surface area contributed by atoms with Crippen molar-refractivity contribution in [1.29, 1.82) is 0 Å². The molecule has 0 bridgehead atoms. The van der Waals surface area contributed by atoms with Crippen molar-refractivity contribution < 1.29 is 0 Å². The van der Waals surface area contributed by atoms with Gasteiger partial charge in [0.2, 0.25) is 0 Å². The summed E-state index contributed by atoms with van der Waals surface area (Å²) >= 11 is 5.25. The molecule has 2 aliphatic carbocycles. The Balaban J connectivity index is 1.68. The predicted octanol–water partition coefficient (Wildman–Crippen LogP) is 1.37. The SMILES string of the molecule is CN(CC1CC1)C(=S)NC1CC1. The molecular weight excluding hydrogens is 168 g/mol. The van der Waals surface area contributed by atoms with Gasteiger partial charge in [-0.25, -0.2) is 0 Å². The average molecular weight is 184 g/mol. The van der Waals surface area contributed by atoms with Gasteiger partial charge in [-0.2, -0.15) is 0 Å². The first kappa shape index (κ1) is 8.30. The van der Waals surface area contributed by atoms with Crippen LogP contribution in [0.25, 0.3) is 0 Å². The van der Waals surface area contributed by atoms with Gasteiger partial charge in [0.25, 0.3) is 0 Å². The number of nitrogens with one attached hydrogen (secondary N) is 1. The molecule has 2 rings (SSSR count). The van der Waals surface area contributed by atoms with Gasteiger partial charge in [-0.1, -0.05) is 0 Å². The van der Waals surface area contributed by atoms with Gasteiger partial charge >= 0.3 is 0 Å². The van der Waals surface area contributed by atoms with Gasteiger partial charge in [0.1, 0.15) is 0 Å². The maximum atomic E-state index is 5.25. The lowest BCUT2D eigenvalue weighted by molar-refractivity contribution is 0.466. The van der Waals surface area contributed by atoms with Gasteiger partial charge in [0, 0.05) is 19.6 Å². The Morgan fingerprint density at radius 1 is 1.42 bits per heavy atom. The van der Waals surface area contributed by atoms with E-state index in [9.17, 15) is 0 Å². The Kier molecular flexibility index (Phi) is 2.22. The Labute approximate surface area is 79.3 Å². The maximum absolute atomic E-state index is 5.25. The number of rotatable bonds is 3. The Morgan fingerprint density at radius 3 is 2.58 bits per heavy atom. The molecule has 0 radical (unpaired) electrons. The minimum absolute atomic E-state index is 0.694. The van der Waals surface area contributed by atoms with E-state index in [2.05, 4.69) is 17.3 Å². The first-order valence-electron chi connectivity index (χ1n) is 4.77. The van der Waals surface area contributed by atoms with Crippen LogP contribution >= 0.6 is 12.2 Å². The van der Waals surface area contributed by atoms with Crippen LogP contribution in [0.15, 0.2) is 0 Å². The molecule has 68 valence electrons. The zero-order chi connectivity index (χ0) is 8.55. The van der Waals surface area contributed by atoms with Crippen LogP contribution in [0.5, 0.6) is 0 Å². The summed E-state index contributed by atoms with van der Waals surface area (Å²) in [5, 5.41) is 4.29. The van der Waals surface area contributed by atoms with Crippen molar-refractivity contribution in [2.75, 3.05) is 13.6 Å². The van der Waals surface area contributed by atoms with Crippen molar-refractivity contribution in [1.82, 2.24) is 10.2 Å². The van der Waals surface area contributed by atoms with Gasteiger partial charge in [-0.05, 0) is 43.8 Å². The molecule has 0 aliphatic heterocycles. The number of thiocarbonyl (C=S) groups is 1. The number of nitrogens with zero attached hydrogens (tertiary/aromatic N) is 1. The van der Waals surface area contributed by atoms with E-state index >= 15 is 0 Å². The molecule has 0 aromatic heterocycles. The smallest absolute Gasteiger partial charge is 0.168 e. The fourth-order valence-electron chi connectivity index (χ4n) is 1.28. The molecule has 12 heavy (non-hydrogen) atoms. The second kappa shape index (κ2) is 3.21. The molecular formula is C9H16N2S. The highest BCUT2D eigenvalue weighted by Gasteiger charge is 2.26.